The van der Waals surface area contributed by atoms with E-state index in [0.29, 0.717) is 0 Å². The molecule has 0 spiro atoms. The first-order chi connectivity index (χ1) is 28.2. The van der Waals surface area contributed by atoms with Crippen LogP contribution in [0.4, 0.5) is 0 Å². The number of aliphatic imine (C=N–C) groups is 1. The Morgan fingerprint density at radius 2 is 1.25 bits per heavy atom. The summed E-state index contributed by atoms with van der Waals surface area (Å²) in [5, 5.41) is 14.7. The van der Waals surface area contributed by atoms with Gasteiger partial charge in [-0.15, -0.1) is 11.3 Å². The van der Waals surface area contributed by atoms with Crippen molar-refractivity contribution in [2.45, 2.75) is 12.3 Å². The molecule has 1 aliphatic heterocycles. The molecular formula is C51H34N4OS. The molecule has 270 valence electrons. The SMILES string of the molecule is c1ccc(C2=NC(c3ccccc3)NC(c3ccc4sc5c(-c6ccc7c(c6)oc6cccc(-n8c9ccccc9c9ccccc98)c67)cccc5c4c3)N2)cc1. The van der Waals surface area contributed by atoms with Gasteiger partial charge in [-0.25, -0.2) is 4.99 Å². The van der Waals surface area contributed by atoms with Crippen LogP contribution < -0.4 is 10.6 Å². The van der Waals surface area contributed by atoms with Gasteiger partial charge in [0.15, 0.2) is 0 Å². The molecule has 57 heavy (non-hydrogen) atoms. The number of para-hydroxylation sites is 2. The van der Waals surface area contributed by atoms with Gasteiger partial charge < -0.3 is 14.3 Å². The Balaban J connectivity index is 0.951. The van der Waals surface area contributed by atoms with Crippen LogP contribution in [0.15, 0.2) is 191 Å². The maximum atomic E-state index is 6.68. The quantitative estimate of drug-likeness (QED) is 0.184. The topological polar surface area (TPSA) is 54.5 Å². The van der Waals surface area contributed by atoms with E-state index in [2.05, 4.69) is 185 Å². The Labute approximate surface area is 332 Å². The van der Waals surface area contributed by atoms with Gasteiger partial charge in [0.2, 0.25) is 0 Å². The number of hydrogen-bond acceptors (Lipinski definition) is 5. The Bertz CT molecular complexity index is 3320. The Morgan fingerprint density at radius 1 is 0.526 bits per heavy atom. The van der Waals surface area contributed by atoms with E-state index in [4.69, 9.17) is 9.41 Å². The molecule has 4 heterocycles. The number of aromatic nitrogens is 1. The van der Waals surface area contributed by atoms with Gasteiger partial charge >= 0.3 is 0 Å². The third-order valence-electron chi connectivity index (χ3n) is 11.5. The number of fused-ring (bicyclic) bond motifs is 9. The summed E-state index contributed by atoms with van der Waals surface area (Å²) in [4.78, 5) is 5.11. The van der Waals surface area contributed by atoms with Crippen LogP contribution in [0.25, 0.3) is 80.7 Å². The van der Waals surface area contributed by atoms with Crippen molar-refractivity contribution in [1.82, 2.24) is 15.2 Å². The summed E-state index contributed by atoms with van der Waals surface area (Å²) in [7, 11) is 0. The number of amidine groups is 1. The van der Waals surface area contributed by atoms with Crippen molar-refractivity contribution >= 4 is 81.1 Å². The minimum Gasteiger partial charge on any atom is -0.456 e. The number of hydrogen-bond donors (Lipinski definition) is 2. The van der Waals surface area contributed by atoms with Gasteiger partial charge in [-0.3, -0.25) is 5.32 Å². The van der Waals surface area contributed by atoms with E-state index in [-0.39, 0.29) is 12.3 Å². The van der Waals surface area contributed by atoms with E-state index in [1.54, 1.807) is 0 Å². The molecule has 0 aliphatic carbocycles. The third-order valence-corrected chi connectivity index (χ3v) is 12.7. The maximum absolute atomic E-state index is 6.68. The van der Waals surface area contributed by atoms with Crippen molar-refractivity contribution in [3.05, 3.63) is 199 Å². The van der Waals surface area contributed by atoms with E-state index in [1.165, 1.54) is 53.1 Å². The second kappa shape index (κ2) is 12.8. The lowest BCUT2D eigenvalue weighted by molar-refractivity contribution is 0.409. The van der Waals surface area contributed by atoms with Gasteiger partial charge in [-0.05, 0) is 70.8 Å². The van der Waals surface area contributed by atoms with Gasteiger partial charge in [-0.2, -0.15) is 0 Å². The number of furan rings is 1. The first-order valence-electron chi connectivity index (χ1n) is 19.4. The van der Waals surface area contributed by atoms with Gasteiger partial charge in [0, 0.05) is 41.9 Å². The number of nitrogens with one attached hydrogen (secondary N) is 2. The lowest BCUT2D eigenvalue weighted by atomic mass is 10.00. The van der Waals surface area contributed by atoms with Crippen molar-refractivity contribution < 1.29 is 4.42 Å². The Morgan fingerprint density at radius 3 is 2.05 bits per heavy atom. The molecule has 0 bridgehead atoms. The zero-order valence-electron chi connectivity index (χ0n) is 30.7. The van der Waals surface area contributed by atoms with Crippen LogP contribution in [0.1, 0.15) is 29.0 Å². The average molecular weight is 751 g/mol. The van der Waals surface area contributed by atoms with Gasteiger partial charge in [0.1, 0.15) is 29.3 Å². The molecule has 3 aromatic heterocycles. The lowest BCUT2D eigenvalue weighted by Crippen LogP contribution is -2.44. The van der Waals surface area contributed by atoms with E-state index in [0.717, 1.165) is 50.2 Å². The molecule has 8 aromatic carbocycles. The van der Waals surface area contributed by atoms with Crippen LogP contribution in [0.5, 0.6) is 0 Å². The Kier molecular flexibility index (Phi) is 7.24. The molecule has 2 unspecified atom stereocenters. The Hall–Kier alpha value is -6.99. The second-order valence-corrected chi connectivity index (χ2v) is 15.8. The number of nitrogens with zero attached hydrogens (tertiary/aromatic N) is 2. The first kappa shape index (κ1) is 32.3. The first-order valence-corrected chi connectivity index (χ1v) is 20.2. The van der Waals surface area contributed by atoms with Crippen molar-refractivity contribution in [3.63, 3.8) is 0 Å². The van der Waals surface area contributed by atoms with Gasteiger partial charge in [0.25, 0.3) is 0 Å². The van der Waals surface area contributed by atoms with Crippen LogP contribution in [0, 0.1) is 0 Å². The van der Waals surface area contributed by atoms with Crippen LogP contribution in [0.2, 0.25) is 0 Å². The van der Waals surface area contributed by atoms with Crippen molar-refractivity contribution in [3.8, 4) is 16.8 Å². The summed E-state index contributed by atoms with van der Waals surface area (Å²) in [6.07, 6.45) is -0.311. The monoisotopic (exact) mass is 750 g/mol. The summed E-state index contributed by atoms with van der Waals surface area (Å²) in [5.41, 5.74) is 11.0. The molecule has 0 saturated carbocycles. The van der Waals surface area contributed by atoms with Crippen LogP contribution in [-0.4, -0.2) is 10.4 Å². The highest BCUT2D eigenvalue weighted by atomic mass is 32.1. The minimum absolute atomic E-state index is 0.131. The highest BCUT2D eigenvalue weighted by molar-refractivity contribution is 7.26. The second-order valence-electron chi connectivity index (χ2n) is 14.8. The van der Waals surface area contributed by atoms with E-state index in [1.807, 2.05) is 23.5 Å². The molecule has 6 heteroatoms. The number of thiophene rings is 1. The molecule has 1 aliphatic rings. The summed E-state index contributed by atoms with van der Waals surface area (Å²) in [6.45, 7) is 0. The highest BCUT2D eigenvalue weighted by Gasteiger charge is 2.26. The molecule has 0 fully saturated rings. The third kappa shape index (κ3) is 5.15. The summed E-state index contributed by atoms with van der Waals surface area (Å²) >= 11 is 1.85. The number of rotatable bonds is 5. The molecule has 11 aromatic rings. The minimum atomic E-state index is -0.180. The van der Waals surface area contributed by atoms with Crippen LogP contribution in [-0.2, 0) is 0 Å². The average Bonchev–Trinajstić information content (AvgIpc) is 3.96. The molecule has 5 nitrogen and oxygen atoms in total. The molecule has 2 atom stereocenters. The molecule has 0 amide bonds. The van der Waals surface area contributed by atoms with Crippen molar-refractivity contribution in [2.24, 2.45) is 4.99 Å². The molecule has 2 N–H and O–H groups in total. The summed E-state index contributed by atoms with van der Waals surface area (Å²) in [5.74, 6) is 0.883. The molecule has 0 radical (unpaired) electrons. The largest absolute Gasteiger partial charge is 0.456 e. The van der Waals surface area contributed by atoms with Gasteiger partial charge in [0.05, 0.1) is 22.1 Å². The van der Waals surface area contributed by atoms with Gasteiger partial charge in [-0.1, -0.05) is 133 Å². The fourth-order valence-corrected chi connectivity index (χ4v) is 10.1. The normalized spacial score (nSPS) is 15.9. The summed E-state index contributed by atoms with van der Waals surface area (Å²) < 4.78 is 11.6. The predicted molar refractivity (Wildman–Crippen MR) is 238 cm³/mol. The smallest absolute Gasteiger partial charge is 0.137 e. The standard InChI is InChI=1S/C51H34N4OS/c1-3-13-31(14-4-1)49-52-50(32-15-5-2-6-16-32)54-51(53-49)34-26-28-46-40(29-34)38-20-11-19-35(48(38)57-46)33-25-27-39-45(30-33)56-44-24-12-23-43(47(39)44)55-41-21-9-7-17-36(41)37-18-8-10-22-42(37)55/h1-30,49,51,53H,(H,52,54). The zero-order valence-corrected chi connectivity index (χ0v) is 31.5. The van der Waals surface area contributed by atoms with E-state index in [9.17, 15) is 0 Å². The van der Waals surface area contributed by atoms with Crippen molar-refractivity contribution in [1.29, 1.82) is 0 Å². The number of benzene rings is 8. The summed E-state index contributed by atoms with van der Waals surface area (Å²) in [6, 6.07) is 64.8. The molecule has 0 saturated heterocycles. The highest BCUT2D eigenvalue weighted by Crippen LogP contribution is 2.44. The maximum Gasteiger partial charge on any atom is 0.137 e. The van der Waals surface area contributed by atoms with Crippen LogP contribution >= 0.6 is 11.3 Å². The van der Waals surface area contributed by atoms with E-state index >= 15 is 0 Å². The fourth-order valence-electron chi connectivity index (χ4n) is 8.85. The zero-order chi connectivity index (χ0) is 37.5. The van der Waals surface area contributed by atoms with E-state index < -0.39 is 0 Å². The lowest BCUT2D eigenvalue weighted by Gasteiger charge is -2.32. The molecular weight excluding hydrogens is 717 g/mol. The predicted octanol–water partition coefficient (Wildman–Crippen LogP) is 13.1. The molecule has 12 rings (SSSR count). The fraction of sp³-hybridized carbons (Fsp3) is 0.0392. The van der Waals surface area contributed by atoms with Crippen LogP contribution in [0.3, 0.4) is 0 Å². The van der Waals surface area contributed by atoms with Crippen molar-refractivity contribution in [2.75, 3.05) is 0 Å².